The highest BCUT2D eigenvalue weighted by Crippen LogP contribution is 2.22. The van der Waals surface area contributed by atoms with Gasteiger partial charge < -0.3 is 4.74 Å². The third kappa shape index (κ3) is 2.43. The number of hydrogen-bond donors (Lipinski definition) is 0. The predicted octanol–water partition coefficient (Wildman–Crippen LogP) is 2.51. The minimum Gasteiger partial charge on any atom is -0.462 e. The molecule has 0 aliphatic heterocycles. The average Bonchev–Trinajstić information content (AvgIpc) is 2.82. The van der Waals surface area contributed by atoms with Gasteiger partial charge in [0.15, 0.2) is 5.82 Å². The molecule has 0 unspecified atom stereocenters. The van der Waals surface area contributed by atoms with Gasteiger partial charge in [0.2, 0.25) is 0 Å². The first-order chi connectivity index (χ1) is 8.63. The molecule has 6 heteroatoms. The molecule has 0 spiro atoms. The fraction of sp³-hybridized carbons (Fsp3) is 0.250. The summed E-state index contributed by atoms with van der Waals surface area (Å²) in [4.78, 5) is 15.8. The van der Waals surface area contributed by atoms with Crippen LogP contribution in [0.1, 0.15) is 22.8 Å². The Balaban J connectivity index is 2.35. The Labute approximate surface area is 113 Å². The van der Waals surface area contributed by atoms with E-state index in [4.69, 9.17) is 4.74 Å². The highest BCUT2D eigenvalue weighted by molar-refractivity contribution is 9.10. The zero-order chi connectivity index (χ0) is 13.1. The molecule has 94 valence electrons. The van der Waals surface area contributed by atoms with Gasteiger partial charge in [0, 0.05) is 12.4 Å². The Morgan fingerprint density at radius 2 is 2.33 bits per heavy atom. The molecular formula is C12H12BrN3O2. The molecule has 2 rings (SSSR count). The van der Waals surface area contributed by atoms with E-state index in [1.54, 1.807) is 24.0 Å². The Morgan fingerprint density at radius 3 is 3.06 bits per heavy atom. The van der Waals surface area contributed by atoms with E-state index in [-0.39, 0.29) is 5.97 Å². The number of ether oxygens (including phenoxy) is 1. The summed E-state index contributed by atoms with van der Waals surface area (Å²) < 4.78 is 7.30. The van der Waals surface area contributed by atoms with Crippen LogP contribution in [-0.4, -0.2) is 27.3 Å². The molecule has 0 aliphatic rings. The quantitative estimate of drug-likeness (QED) is 0.817. The molecule has 0 saturated carbocycles. The second kappa shape index (κ2) is 5.30. The molecule has 0 radical (unpaired) electrons. The molecule has 0 aliphatic carbocycles. The first kappa shape index (κ1) is 12.8. The van der Waals surface area contributed by atoms with Gasteiger partial charge in [-0.05, 0) is 41.4 Å². The Hall–Kier alpha value is -1.69. The Kier molecular flexibility index (Phi) is 3.76. The number of carbonyl (C=O) groups excluding carboxylic acids is 1. The van der Waals surface area contributed by atoms with E-state index in [1.165, 1.54) is 6.20 Å². The van der Waals surface area contributed by atoms with Crippen LogP contribution in [0.2, 0.25) is 0 Å². The van der Waals surface area contributed by atoms with Crippen molar-refractivity contribution in [3.05, 3.63) is 40.3 Å². The maximum absolute atomic E-state index is 11.5. The third-order valence-corrected chi connectivity index (χ3v) is 3.35. The van der Waals surface area contributed by atoms with Crippen molar-refractivity contribution in [2.75, 3.05) is 6.61 Å². The lowest BCUT2D eigenvalue weighted by atomic mass is 10.3. The summed E-state index contributed by atoms with van der Waals surface area (Å²) in [6, 6.07) is 1.89. The van der Waals surface area contributed by atoms with E-state index >= 15 is 0 Å². The van der Waals surface area contributed by atoms with Crippen molar-refractivity contribution in [2.24, 2.45) is 0 Å². The molecule has 0 aromatic carbocycles. The van der Waals surface area contributed by atoms with Crippen LogP contribution in [0, 0.1) is 6.92 Å². The van der Waals surface area contributed by atoms with Gasteiger partial charge in [0.05, 0.1) is 22.8 Å². The zero-order valence-electron chi connectivity index (χ0n) is 10.1. The highest BCUT2D eigenvalue weighted by atomic mass is 79.9. The van der Waals surface area contributed by atoms with Crippen molar-refractivity contribution in [1.82, 2.24) is 14.8 Å². The number of aryl methyl sites for hydroxylation is 1. The van der Waals surface area contributed by atoms with E-state index in [0.29, 0.717) is 18.0 Å². The molecule has 0 fully saturated rings. The van der Waals surface area contributed by atoms with E-state index in [1.807, 2.05) is 13.0 Å². The van der Waals surface area contributed by atoms with Gasteiger partial charge in [-0.1, -0.05) is 0 Å². The van der Waals surface area contributed by atoms with Gasteiger partial charge in [0.25, 0.3) is 0 Å². The molecular weight excluding hydrogens is 298 g/mol. The molecule has 2 aromatic rings. The predicted molar refractivity (Wildman–Crippen MR) is 69.8 cm³/mol. The number of nitrogens with zero attached hydrogens (tertiary/aromatic N) is 3. The minimum absolute atomic E-state index is 0.344. The number of carbonyl (C=O) groups is 1. The number of aromatic nitrogens is 3. The van der Waals surface area contributed by atoms with E-state index < -0.39 is 0 Å². The largest absolute Gasteiger partial charge is 0.462 e. The second-order valence-corrected chi connectivity index (χ2v) is 4.45. The van der Waals surface area contributed by atoms with Crippen LogP contribution in [0.15, 0.2) is 29.1 Å². The SMILES string of the molecule is CCOC(=O)c1cnn(-c2nccc(C)c2Br)c1. The topological polar surface area (TPSA) is 57.0 Å². The summed E-state index contributed by atoms with van der Waals surface area (Å²) in [7, 11) is 0. The van der Waals surface area contributed by atoms with Crippen molar-refractivity contribution in [3.8, 4) is 5.82 Å². The van der Waals surface area contributed by atoms with Crippen molar-refractivity contribution < 1.29 is 9.53 Å². The number of hydrogen-bond acceptors (Lipinski definition) is 4. The lowest BCUT2D eigenvalue weighted by molar-refractivity contribution is 0.0526. The Morgan fingerprint density at radius 1 is 1.56 bits per heavy atom. The van der Waals surface area contributed by atoms with Crippen LogP contribution >= 0.6 is 15.9 Å². The van der Waals surface area contributed by atoms with Gasteiger partial charge >= 0.3 is 5.97 Å². The monoisotopic (exact) mass is 309 g/mol. The lowest BCUT2D eigenvalue weighted by Crippen LogP contribution is -2.04. The minimum atomic E-state index is -0.382. The molecule has 0 atom stereocenters. The fourth-order valence-corrected chi connectivity index (χ4v) is 1.86. The first-order valence-electron chi connectivity index (χ1n) is 5.46. The molecule has 2 heterocycles. The average molecular weight is 310 g/mol. The van der Waals surface area contributed by atoms with Crippen LogP contribution in [0.5, 0.6) is 0 Å². The summed E-state index contributed by atoms with van der Waals surface area (Å²) >= 11 is 3.45. The summed E-state index contributed by atoms with van der Waals surface area (Å²) in [5.74, 6) is 0.262. The molecule has 18 heavy (non-hydrogen) atoms. The molecule has 0 N–H and O–H groups in total. The van der Waals surface area contributed by atoms with Crippen molar-refractivity contribution >= 4 is 21.9 Å². The number of halogens is 1. The highest BCUT2D eigenvalue weighted by Gasteiger charge is 2.12. The summed E-state index contributed by atoms with van der Waals surface area (Å²) in [6.45, 7) is 4.07. The van der Waals surface area contributed by atoms with Crippen LogP contribution in [-0.2, 0) is 4.74 Å². The standard InChI is InChI=1S/C12H12BrN3O2/c1-3-18-12(17)9-6-15-16(7-9)11-10(13)8(2)4-5-14-11/h4-7H,3H2,1-2H3. The lowest BCUT2D eigenvalue weighted by Gasteiger charge is -2.04. The van der Waals surface area contributed by atoms with Crippen molar-refractivity contribution in [2.45, 2.75) is 13.8 Å². The second-order valence-electron chi connectivity index (χ2n) is 3.66. The Bertz CT molecular complexity index is 580. The number of pyridine rings is 1. The number of esters is 1. The van der Waals surface area contributed by atoms with E-state index in [9.17, 15) is 4.79 Å². The van der Waals surface area contributed by atoms with E-state index in [0.717, 1.165) is 10.0 Å². The maximum Gasteiger partial charge on any atom is 0.341 e. The maximum atomic E-state index is 11.5. The van der Waals surface area contributed by atoms with Crippen LogP contribution in [0.25, 0.3) is 5.82 Å². The smallest absolute Gasteiger partial charge is 0.341 e. The third-order valence-electron chi connectivity index (χ3n) is 2.37. The van der Waals surface area contributed by atoms with Crippen molar-refractivity contribution in [1.29, 1.82) is 0 Å². The van der Waals surface area contributed by atoms with Gasteiger partial charge in [0.1, 0.15) is 0 Å². The molecule has 5 nitrogen and oxygen atoms in total. The van der Waals surface area contributed by atoms with Gasteiger partial charge in [-0.2, -0.15) is 5.10 Å². The normalized spacial score (nSPS) is 10.4. The summed E-state index contributed by atoms with van der Waals surface area (Å²) in [5, 5.41) is 4.12. The first-order valence-corrected chi connectivity index (χ1v) is 6.26. The van der Waals surface area contributed by atoms with Gasteiger partial charge in [-0.3, -0.25) is 0 Å². The van der Waals surface area contributed by atoms with Crippen molar-refractivity contribution in [3.63, 3.8) is 0 Å². The summed E-state index contributed by atoms with van der Waals surface area (Å²) in [5.41, 5.74) is 1.46. The molecule has 0 bridgehead atoms. The summed E-state index contributed by atoms with van der Waals surface area (Å²) in [6.07, 6.45) is 4.76. The molecule has 0 amide bonds. The van der Waals surface area contributed by atoms with Gasteiger partial charge in [-0.15, -0.1) is 0 Å². The van der Waals surface area contributed by atoms with E-state index in [2.05, 4.69) is 26.0 Å². The van der Waals surface area contributed by atoms with Crippen LogP contribution in [0.3, 0.4) is 0 Å². The number of rotatable bonds is 3. The zero-order valence-corrected chi connectivity index (χ0v) is 11.6. The molecule has 2 aromatic heterocycles. The fourth-order valence-electron chi connectivity index (χ4n) is 1.44. The van der Waals surface area contributed by atoms with Crippen LogP contribution < -0.4 is 0 Å². The van der Waals surface area contributed by atoms with Crippen LogP contribution in [0.4, 0.5) is 0 Å². The van der Waals surface area contributed by atoms with Gasteiger partial charge in [-0.25, -0.2) is 14.5 Å². The molecule has 0 saturated heterocycles.